The van der Waals surface area contributed by atoms with Crippen LogP contribution in [0.4, 0.5) is 0 Å². The van der Waals surface area contributed by atoms with Crippen LogP contribution in [0.5, 0.6) is 11.5 Å². The Labute approximate surface area is 238 Å². The molecule has 0 aliphatic carbocycles. The van der Waals surface area contributed by atoms with Crippen molar-refractivity contribution in [2.24, 2.45) is 4.99 Å². The lowest BCUT2D eigenvalue weighted by Gasteiger charge is -2.37. The van der Waals surface area contributed by atoms with Crippen molar-refractivity contribution in [1.29, 1.82) is 0 Å². The molecule has 2 atom stereocenters. The molecule has 0 unspecified atom stereocenters. The third-order valence-electron chi connectivity index (χ3n) is 6.98. The molecule has 0 bridgehead atoms. The van der Waals surface area contributed by atoms with Gasteiger partial charge in [-0.3, -0.25) is 4.79 Å². The summed E-state index contributed by atoms with van der Waals surface area (Å²) in [5, 5.41) is 5.59. The molecule has 0 spiro atoms. The Morgan fingerprint density at radius 2 is 1.98 bits per heavy atom. The number of carbonyl (C=O) groups is 2. The number of carbonyl (C=O) groups excluding carboxylic acids is 2. The lowest BCUT2D eigenvalue weighted by Crippen LogP contribution is -2.39. The van der Waals surface area contributed by atoms with E-state index in [-0.39, 0.29) is 25.0 Å². The van der Waals surface area contributed by atoms with E-state index in [0.29, 0.717) is 34.5 Å². The standard InChI is InChI=1S/C30H33N3O6S/c1-4-38-29(35)26-27(19-9-6-5-7-10-19)32-30-33(28(26)23-13-12-21(36-2)16-24(23)37-3)20(18-40-30)15-25(34)31-17-22-11-8-14-39-22/h5-7,9-10,12-13,16,18,22,28H,4,8,11,14-15,17H2,1-3H3,(H,31,34)/t22-,28+/m0/s1. The first-order valence-electron chi connectivity index (χ1n) is 13.3. The second-order valence-corrected chi connectivity index (χ2v) is 10.3. The van der Waals surface area contributed by atoms with Gasteiger partial charge in [0.1, 0.15) is 11.5 Å². The molecule has 3 aliphatic rings. The fourth-order valence-corrected chi connectivity index (χ4v) is 6.01. The number of esters is 1. The molecule has 1 saturated heterocycles. The van der Waals surface area contributed by atoms with E-state index < -0.39 is 12.0 Å². The van der Waals surface area contributed by atoms with Crippen molar-refractivity contribution in [2.45, 2.75) is 38.3 Å². The highest BCUT2D eigenvalue weighted by molar-refractivity contribution is 8.16. The van der Waals surface area contributed by atoms with Gasteiger partial charge in [0.05, 0.1) is 50.7 Å². The maximum Gasteiger partial charge on any atom is 0.338 e. The summed E-state index contributed by atoms with van der Waals surface area (Å²) in [5.41, 5.74) is 3.14. The molecule has 10 heteroatoms. The Hall–Kier alpha value is -3.76. The minimum absolute atomic E-state index is 0.0473. The van der Waals surface area contributed by atoms with Gasteiger partial charge >= 0.3 is 5.97 Å². The van der Waals surface area contributed by atoms with Crippen molar-refractivity contribution >= 4 is 34.5 Å². The number of hydrogen-bond donors (Lipinski definition) is 1. The van der Waals surface area contributed by atoms with Crippen molar-refractivity contribution < 1.29 is 28.5 Å². The monoisotopic (exact) mass is 563 g/mol. The van der Waals surface area contributed by atoms with Crippen LogP contribution >= 0.6 is 11.8 Å². The number of fused-ring (bicyclic) bond motifs is 1. The summed E-state index contributed by atoms with van der Waals surface area (Å²) in [5.74, 6) is 0.555. The molecule has 0 radical (unpaired) electrons. The second kappa shape index (κ2) is 12.6. The van der Waals surface area contributed by atoms with Crippen molar-refractivity contribution in [2.75, 3.05) is 34.0 Å². The largest absolute Gasteiger partial charge is 0.497 e. The van der Waals surface area contributed by atoms with Gasteiger partial charge in [0.2, 0.25) is 5.91 Å². The molecule has 40 heavy (non-hydrogen) atoms. The molecule has 2 aromatic carbocycles. The fraction of sp³-hybridized carbons (Fsp3) is 0.367. The van der Waals surface area contributed by atoms with Crippen LogP contribution in [0, 0.1) is 0 Å². The molecule has 3 aliphatic heterocycles. The van der Waals surface area contributed by atoms with Gasteiger partial charge in [-0.1, -0.05) is 42.1 Å². The first-order valence-corrected chi connectivity index (χ1v) is 14.2. The van der Waals surface area contributed by atoms with Crippen molar-refractivity contribution in [1.82, 2.24) is 10.2 Å². The summed E-state index contributed by atoms with van der Waals surface area (Å²) >= 11 is 1.42. The average molecular weight is 564 g/mol. The maximum atomic E-state index is 13.7. The van der Waals surface area contributed by atoms with Gasteiger partial charge in [0.25, 0.3) is 0 Å². The Bertz CT molecular complexity index is 1350. The minimum Gasteiger partial charge on any atom is -0.497 e. The van der Waals surface area contributed by atoms with E-state index in [0.717, 1.165) is 36.3 Å². The number of benzene rings is 2. The van der Waals surface area contributed by atoms with Gasteiger partial charge in [0, 0.05) is 36.0 Å². The highest BCUT2D eigenvalue weighted by atomic mass is 32.2. The smallest absolute Gasteiger partial charge is 0.338 e. The molecular weight excluding hydrogens is 530 g/mol. The summed E-state index contributed by atoms with van der Waals surface area (Å²) in [6.45, 7) is 3.18. The molecule has 210 valence electrons. The van der Waals surface area contributed by atoms with Crippen molar-refractivity contribution in [3.05, 3.63) is 76.3 Å². The molecular formula is C30H33N3O6S. The molecule has 3 heterocycles. The van der Waals surface area contributed by atoms with Crippen LogP contribution in [0.15, 0.2) is 70.2 Å². The predicted octanol–water partition coefficient (Wildman–Crippen LogP) is 4.66. The van der Waals surface area contributed by atoms with Gasteiger partial charge < -0.3 is 29.2 Å². The molecule has 5 rings (SSSR count). The normalized spacial score (nSPS) is 20.0. The number of thioether (sulfide) groups is 1. The average Bonchev–Trinajstić information content (AvgIpc) is 3.65. The number of amides is 1. The zero-order valence-electron chi connectivity index (χ0n) is 22.8. The fourth-order valence-electron chi connectivity index (χ4n) is 5.09. The molecule has 0 saturated carbocycles. The SMILES string of the molecule is CCOC(=O)C1=C(c2ccccc2)N=C2SC=C(CC(=O)NC[C@@H]3CCCO3)N2[C@@H]1c1ccc(OC)cc1OC. The van der Waals surface area contributed by atoms with Gasteiger partial charge in [-0.15, -0.1) is 0 Å². The second-order valence-electron chi connectivity index (χ2n) is 9.47. The van der Waals surface area contributed by atoms with Crippen LogP contribution < -0.4 is 14.8 Å². The van der Waals surface area contributed by atoms with E-state index in [2.05, 4.69) is 5.32 Å². The van der Waals surface area contributed by atoms with Crippen molar-refractivity contribution in [3.63, 3.8) is 0 Å². The summed E-state index contributed by atoms with van der Waals surface area (Å²) in [6, 6.07) is 14.4. The number of hydrogen-bond acceptors (Lipinski definition) is 9. The van der Waals surface area contributed by atoms with E-state index in [1.54, 1.807) is 27.2 Å². The number of methoxy groups -OCH3 is 2. The van der Waals surface area contributed by atoms with E-state index in [4.69, 9.17) is 23.9 Å². The Kier molecular flexibility index (Phi) is 8.76. The van der Waals surface area contributed by atoms with Crippen LogP contribution in [-0.2, 0) is 19.1 Å². The Morgan fingerprint density at radius 3 is 2.67 bits per heavy atom. The quantitative estimate of drug-likeness (QED) is 0.417. The lowest BCUT2D eigenvalue weighted by molar-refractivity contribution is -0.139. The zero-order chi connectivity index (χ0) is 28.1. The van der Waals surface area contributed by atoms with E-state index in [9.17, 15) is 9.59 Å². The van der Waals surface area contributed by atoms with Crippen LogP contribution in [0.3, 0.4) is 0 Å². The minimum atomic E-state index is -0.658. The first-order chi connectivity index (χ1) is 19.5. The first kappa shape index (κ1) is 27.8. The van der Waals surface area contributed by atoms with Gasteiger partial charge in [-0.25, -0.2) is 9.79 Å². The number of rotatable bonds is 10. The Balaban J connectivity index is 1.58. The number of aliphatic imine (C=N–C) groups is 1. The molecule has 2 aromatic rings. The van der Waals surface area contributed by atoms with Gasteiger partial charge in [-0.05, 0) is 37.3 Å². The zero-order valence-corrected chi connectivity index (χ0v) is 23.7. The predicted molar refractivity (Wildman–Crippen MR) is 154 cm³/mol. The Morgan fingerprint density at radius 1 is 1.15 bits per heavy atom. The summed E-state index contributed by atoms with van der Waals surface area (Å²) in [6.07, 6.45) is 2.11. The molecule has 1 fully saturated rings. The van der Waals surface area contributed by atoms with E-state index in [1.807, 2.05) is 52.8 Å². The third-order valence-corrected chi connectivity index (χ3v) is 7.87. The topological polar surface area (TPSA) is 98.7 Å². The molecule has 1 N–H and O–H groups in total. The van der Waals surface area contributed by atoms with E-state index >= 15 is 0 Å². The number of nitrogens with one attached hydrogen (secondary N) is 1. The number of ether oxygens (including phenoxy) is 4. The number of amidine groups is 1. The van der Waals surface area contributed by atoms with Crippen LogP contribution in [0.25, 0.3) is 5.70 Å². The summed E-state index contributed by atoms with van der Waals surface area (Å²) < 4.78 is 22.5. The summed E-state index contributed by atoms with van der Waals surface area (Å²) in [7, 11) is 3.17. The maximum absolute atomic E-state index is 13.7. The lowest BCUT2D eigenvalue weighted by atomic mass is 9.90. The van der Waals surface area contributed by atoms with E-state index in [1.165, 1.54) is 11.8 Å². The third kappa shape index (κ3) is 5.73. The molecule has 0 aromatic heterocycles. The number of nitrogens with zero attached hydrogens (tertiary/aromatic N) is 2. The van der Waals surface area contributed by atoms with Crippen LogP contribution in [0.1, 0.15) is 43.4 Å². The van der Waals surface area contributed by atoms with Crippen LogP contribution in [0.2, 0.25) is 0 Å². The highest BCUT2D eigenvalue weighted by Crippen LogP contribution is 2.49. The van der Waals surface area contributed by atoms with Gasteiger partial charge in [0.15, 0.2) is 5.17 Å². The highest BCUT2D eigenvalue weighted by Gasteiger charge is 2.43. The molecule has 9 nitrogen and oxygen atoms in total. The van der Waals surface area contributed by atoms with Crippen molar-refractivity contribution in [3.8, 4) is 11.5 Å². The molecule has 1 amide bonds. The van der Waals surface area contributed by atoms with Gasteiger partial charge in [-0.2, -0.15) is 0 Å². The van der Waals surface area contributed by atoms with Crippen LogP contribution in [-0.4, -0.2) is 62.0 Å². The summed E-state index contributed by atoms with van der Waals surface area (Å²) in [4.78, 5) is 33.6.